The molecule has 3 N–H and O–H groups in total. The van der Waals surface area contributed by atoms with E-state index >= 15 is 0 Å². The van der Waals surface area contributed by atoms with Crippen LogP contribution in [-0.2, 0) is 4.79 Å². The van der Waals surface area contributed by atoms with Crippen molar-refractivity contribution in [3.8, 4) is 0 Å². The second-order valence-electron chi connectivity index (χ2n) is 5.76. The largest absolute Gasteiger partial charge is 0.340 e. The maximum absolute atomic E-state index is 13.3. The van der Waals surface area contributed by atoms with Crippen molar-refractivity contribution >= 4 is 46.3 Å². The first kappa shape index (κ1) is 19.2. The zero-order valence-electron chi connectivity index (χ0n) is 14.7. The average Bonchev–Trinajstić information content (AvgIpc) is 2.65. The minimum Gasteiger partial charge on any atom is -0.340 e. The van der Waals surface area contributed by atoms with E-state index in [1.165, 1.54) is 37.5 Å². The van der Waals surface area contributed by atoms with E-state index in [9.17, 15) is 14.0 Å². The van der Waals surface area contributed by atoms with E-state index in [1.54, 1.807) is 24.3 Å². The number of aromatic nitrogens is 2. The topological polar surface area (TPSA) is 96.0 Å². The van der Waals surface area contributed by atoms with Gasteiger partial charge in [-0.1, -0.05) is 17.7 Å². The fraction of sp³-hybridized carbons (Fsp3) is 0.0526. The molecule has 9 heteroatoms. The molecule has 0 aliphatic carbocycles. The van der Waals surface area contributed by atoms with Gasteiger partial charge in [0.15, 0.2) is 0 Å². The molecule has 7 nitrogen and oxygen atoms in total. The van der Waals surface area contributed by atoms with Crippen molar-refractivity contribution in [1.82, 2.24) is 9.97 Å². The highest BCUT2D eigenvalue weighted by Gasteiger charge is 2.10. The van der Waals surface area contributed by atoms with E-state index in [1.807, 2.05) is 0 Å². The summed E-state index contributed by atoms with van der Waals surface area (Å²) in [6, 6.07) is 12.3. The molecule has 0 fully saturated rings. The molecule has 3 aromatic rings. The third-order valence-corrected chi connectivity index (χ3v) is 3.82. The SMILES string of the molecule is CC(=O)Nc1cccc(NC(=O)c2cc(Nc3ccc(F)c(Cl)c3)ncn2)c1. The molecule has 3 rings (SSSR count). The first-order valence-corrected chi connectivity index (χ1v) is 8.51. The van der Waals surface area contributed by atoms with Crippen molar-refractivity contribution in [3.63, 3.8) is 0 Å². The summed E-state index contributed by atoms with van der Waals surface area (Å²) in [5.41, 5.74) is 1.69. The highest BCUT2D eigenvalue weighted by Crippen LogP contribution is 2.22. The molecule has 0 unspecified atom stereocenters. The second kappa shape index (κ2) is 8.45. The minimum absolute atomic E-state index is 0.0314. The Morgan fingerprint density at radius 1 is 0.964 bits per heavy atom. The zero-order valence-corrected chi connectivity index (χ0v) is 15.4. The Hall–Kier alpha value is -3.52. The van der Waals surface area contributed by atoms with Gasteiger partial charge < -0.3 is 16.0 Å². The number of nitrogens with one attached hydrogen (secondary N) is 3. The maximum atomic E-state index is 13.3. The van der Waals surface area contributed by atoms with Crippen LogP contribution in [0.15, 0.2) is 54.9 Å². The number of carbonyl (C=O) groups excluding carboxylic acids is 2. The van der Waals surface area contributed by atoms with Crippen LogP contribution in [0, 0.1) is 5.82 Å². The van der Waals surface area contributed by atoms with Crippen LogP contribution in [0.25, 0.3) is 0 Å². The smallest absolute Gasteiger partial charge is 0.274 e. The van der Waals surface area contributed by atoms with Gasteiger partial charge in [0.05, 0.1) is 5.02 Å². The van der Waals surface area contributed by atoms with Gasteiger partial charge in [-0.05, 0) is 36.4 Å². The molecular weight excluding hydrogens is 385 g/mol. The predicted molar refractivity (Wildman–Crippen MR) is 105 cm³/mol. The molecule has 0 saturated heterocycles. The van der Waals surface area contributed by atoms with E-state index in [-0.39, 0.29) is 16.6 Å². The Morgan fingerprint density at radius 3 is 2.43 bits per heavy atom. The molecule has 0 bridgehead atoms. The van der Waals surface area contributed by atoms with Crippen LogP contribution < -0.4 is 16.0 Å². The van der Waals surface area contributed by atoms with Gasteiger partial charge >= 0.3 is 0 Å². The molecule has 1 heterocycles. The lowest BCUT2D eigenvalue weighted by molar-refractivity contribution is -0.114. The Labute approximate surface area is 165 Å². The summed E-state index contributed by atoms with van der Waals surface area (Å²) in [6.45, 7) is 1.40. The van der Waals surface area contributed by atoms with Gasteiger partial charge in [-0.25, -0.2) is 14.4 Å². The summed E-state index contributed by atoms with van der Waals surface area (Å²) in [4.78, 5) is 31.6. The van der Waals surface area contributed by atoms with Crippen LogP contribution in [0.5, 0.6) is 0 Å². The van der Waals surface area contributed by atoms with Crippen molar-refractivity contribution in [2.75, 3.05) is 16.0 Å². The molecule has 2 amide bonds. The van der Waals surface area contributed by atoms with Gasteiger partial charge in [0.2, 0.25) is 5.91 Å². The van der Waals surface area contributed by atoms with Crippen LogP contribution in [0.1, 0.15) is 17.4 Å². The molecular formula is C19H15ClFN5O2. The molecule has 2 aromatic carbocycles. The Morgan fingerprint density at radius 2 is 1.71 bits per heavy atom. The molecule has 0 aliphatic heterocycles. The number of benzene rings is 2. The number of hydrogen-bond donors (Lipinski definition) is 3. The van der Waals surface area contributed by atoms with Crippen molar-refractivity contribution in [2.24, 2.45) is 0 Å². The number of carbonyl (C=O) groups is 2. The molecule has 142 valence electrons. The van der Waals surface area contributed by atoms with Crippen molar-refractivity contribution in [3.05, 3.63) is 71.4 Å². The van der Waals surface area contributed by atoms with E-state index in [2.05, 4.69) is 25.9 Å². The summed E-state index contributed by atoms with van der Waals surface area (Å²) in [5.74, 6) is -0.857. The summed E-state index contributed by atoms with van der Waals surface area (Å²) in [7, 11) is 0. The van der Waals surface area contributed by atoms with Gasteiger partial charge in [-0.3, -0.25) is 9.59 Å². The number of rotatable bonds is 5. The molecule has 0 radical (unpaired) electrons. The number of halogens is 2. The van der Waals surface area contributed by atoms with Crippen LogP contribution >= 0.6 is 11.6 Å². The van der Waals surface area contributed by atoms with Gasteiger partial charge in [0, 0.05) is 30.1 Å². The summed E-state index contributed by atoms with van der Waals surface area (Å²) in [6.07, 6.45) is 1.23. The Kier molecular flexibility index (Phi) is 5.81. The molecule has 0 spiro atoms. The summed E-state index contributed by atoms with van der Waals surface area (Å²) in [5, 5.41) is 8.24. The molecule has 0 atom stereocenters. The zero-order chi connectivity index (χ0) is 20.1. The first-order valence-electron chi connectivity index (χ1n) is 8.14. The van der Waals surface area contributed by atoms with Crippen molar-refractivity contribution in [2.45, 2.75) is 6.92 Å². The lowest BCUT2D eigenvalue weighted by Crippen LogP contribution is -2.14. The third-order valence-electron chi connectivity index (χ3n) is 3.53. The number of amides is 2. The molecule has 0 saturated carbocycles. The standard InChI is InChI=1S/C19H15ClFN5O2/c1-11(27)24-12-3-2-4-13(7-12)26-19(28)17-9-18(23-10-22-17)25-14-5-6-16(21)15(20)8-14/h2-10H,1H3,(H,24,27)(H,26,28)(H,22,23,25). The lowest BCUT2D eigenvalue weighted by Gasteiger charge is -2.09. The van der Waals surface area contributed by atoms with Crippen LogP contribution in [0.3, 0.4) is 0 Å². The van der Waals surface area contributed by atoms with E-state index in [4.69, 9.17) is 11.6 Å². The van der Waals surface area contributed by atoms with E-state index < -0.39 is 11.7 Å². The van der Waals surface area contributed by atoms with Gasteiger partial charge in [-0.2, -0.15) is 0 Å². The molecule has 0 aliphatic rings. The highest BCUT2D eigenvalue weighted by molar-refractivity contribution is 6.31. The third kappa shape index (κ3) is 5.01. The van der Waals surface area contributed by atoms with Gasteiger partial charge in [0.25, 0.3) is 5.91 Å². The number of anilines is 4. The van der Waals surface area contributed by atoms with Crippen molar-refractivity contribution in [1.29, 1.82) is 0 Å². The minimum atomic E-state index is -0.531. The fourth-order valence-corrected chi connectivity index (χ4v) is 2.53. The average molecular weight is 400 g/mol. The summed E-state index contributed by atoms with van der Waals surface area (Å²) < 4.78 is 13.3. The highest BCUT2D eigenvalue weighted by atomic mass is 35.5. The Bertz CT molecular complexity index is 1040. The second-order valence-corrected chi connectivity index (χ2v) is 6.17. The lowest BCUT2D eigenvalue weighted by atomic mass is 10.2. The monoisotopic (exact) mass is 399 g/mol. The van der Waals surface area contributed by atoms with Crippen LogP contribution in [-0.4, -0.2) is 21.8 Å². The Balaban J connectivity index is 1.73. The fourth-order valence-electron chi connectivity index (χ4n) is 2.34. The first-order chi connectivity index (χ1) is 13.4. The quantitative estimate of drug-likeness (QED) is 0.596. The van der Waals surface area contributed by atoms with Crippen LogP contribution in [0.4, 0.5) is 27.3 Å². The van der Waals surface area contributed by atoms with Gasteiger partial charge in [0.1, 0.15) is 23.7 Å². The van der Waals surface area contributed by atoms with Crippen molar-refractivity contribution < 1.29 is 14.0 Å². The number of hydrogen-bond acceptors (Lipinski definition) is 5. The van der Waals surface area contributed by atoms with E-state index in [0.29, 0.717) is 22.9 Å². The van der Waals surface area contributed by atoms with Crippen LogP contribution in [0.2, 0.25) is 5.02 Å². The molecule has 1 aromatic heterocycles. The van der Waals surface area contributed by atoms with E-state index in [0.717, 1.165) is 0 Å². The number of nitrogens with zero attached hydrogens (tertiary/aromatic N) is 2. The molecule has 28 heavy (non-hydrogen) atoms. The normalized spacial score (nSPS) is 10.2. The maximum Gasteiger partial charge on any atom is 0.274 e. The van der Waals surface area contributed by atoms with Gasteiger partial charge in [-0.15, -0.1) is 0 Å². The summed E-state index contributed by atoms with van der Waals surface area (Å²) >= 11 is 5.76. The predicted octanol–water partition coefficient (Wildman–Crippen LogP) is 4.22.